The average molecular weight is 609 g/mol. The number of para-hydroxylation sites is 1. The zero-order valence-electron chi connectivity index (χ0n) is 26.9. The van der Waals surface area contributed by atoms with E-state index in [0.717, 1.165) is 49.5 Å². The molecule has 0 unspecified atom stereocenters. The lowest BCUT2D eigenvalue weighted by Crippen LogP contribution is -2.41. The van der Waals surface area contributed by atoms with Gasteiger partial charge in [-0.3, -0.25) is 0 Å². The molecule has 47 heavy (non-hydrogen) atoms. The van der Waals surface area contributed by atoms with E-state index >= 15 is 0 Å². The molecule has 8 aromatic rings. The second-order valence-electron chi connectivity index (χ2n) is 13.6. The van der Waals surface area contributed by atoms with Gasteiger partial charge in [0, 0.05) is 16.5 Å². The first-order valence-corrected chi connectivity index (χ1v) is 16.3. The first kappa shape index (κ1) is 28.2. The highest BCUT2D eigenvalue weighted by Gasteiger charge is 2.52. The Morgan fingerprint density at radius 3 is 1.91 bits per heavy atom. The fourth-order valence-corrected chi connectivity index (χ4v) is 7.09. The molecule has 1 fully saturated rings. The van der Waals surface area contributed by atoms with E-state index < -0.39 is 18.3 Å². The standard InChI is InChI=1S/C42H33BN2O2/c1-41(2)42(3,4)47-43(46-41)35-24-20-28-17-21-31-32(22-18-27-19-23-33(35)38(28)37(27)31)40-44-36-16-9-8-15-34(36)39(45-40)30-14-10-13-29(25-30)26-11-6-5-7-12-26/h5-25H,1-4H3. The maximum Gasteiger partial charge on any atom is 0.495 e. The number of fused-ring (bicyclic) bond motifs is 1. The van der Waals surface area contributed by atoms with Gasteiger partial charge in [-0.25, -0.2) is 9.97 Å². The summed E-state index contributed by atoms with van der Waals surface area (Å²) in [5, 5.41) is 8.11. The van der Waals surface area contributed by atoms with Crippen molar-refractivity contribution in [3.63, 3.8) is 0 Å². The molecule has 0 radical (unpaired) electrons. The van der Waals surface area contributed by atoms with Crippen LogP contribution in [0.25, 0.3) is 77.0 Å². The fraction of sp³-hybridized carbons (Fsp3) is 0.143. The Labute approximate surface area is 274 Å². The van der Waals surface area contributed by atoms with Crippen molar-refractivity contribution in [1.29, 1.82) is 0 Å². The summed E-state index contributed by atoms with van der Waals surface area (Å²) >= 11 is 0. The molecule has 0 bridgehead atoms. The van der Waals surface area contributed by atoms with Crippen LogP contribution in [0.15, 0.2) is 127 Å². The minimum Gasteiger partial charge on any atom is -0.399 e. The average Bonchev–Trinajstić information content (AvgIpc) is 3.32. The lowest BCUT2D eigenvalue weighted by molar-refractivity contribution is 0.00578. The zero-order chi connectivity index (χ0) is 31.9. The SMILES string of the molecule is CC1(C)OB(c2ccc3ccc4c(-c5nc(-c6cccc(-c7ccccc7)c6)c6ccccc6n5)ccc5ccc2c3c54)OC1(C)C. The monoisotopic (exact) mass is 608 g/mol. The highest BCUT2D eigenvalue weighted by Crippen LogP contribution is 2.41. The van der Waals surface area contributed by atoms with Crippen molar-refractivity contribution in [2.75, 3.05) is 0 Å². The zero-order valence-corrected chi connectivity index (χ0v) is 26.9. The van der Waals surface area contributed by atoms with Gasteiger partial charge in [0.25, 0.3) is 0 Å². The van der Waals surface area contributed by atoms with E-state index in [-0.39, 0.29) is 0 Å². The third-order valence-corrected chi connectivity index (χ3v) is 10.3. The summed E-state index contributed by atoms with van der Waals surface area (Å²) in [6, 6.07) is 45.0. The summed E-state index contributed by atoms with van der Waals surface area (Å²) in [5.74, 6) is 0.716. The quantitative estimate of drug-likeness (QED) is 0.147. The Kier molecular flexibility index (Phi) is 6.11. The molecule has 4 nitrogen and oxygen atoms in total. The molecule has 9 rings (SSSR count). The van der Waals surface area contributed by atoms with Gasteiger partial charge in [0.15, 0.2) is 5.82 Å². The maximum absolute atomic E-state index is 6.52. The molecular formula is C42H33BN2O2. The van der Waals surface area contributed by atoms with Gasteiger partial charge in [0.1, 0.15) is 0 Å². The van der Waals surface area contributed by atoms with E-state index in [4.69, 9.17) is 19.3 Å². The van der Waals surface area contributed by atoms with Crippen molar-refractivity contribution >= 4 is 55.8 Å². The molecule has 0 N–H and O–H groups in total. The summed E-state index contributed by atoms with van der Waals surface area (Å²) in [4.78, 5) is 10.5. The van der Waals surface area contributed by atoms with Crippen molar-refractivity contribution in [2.24, 2.45) is 0 Å². The summed E-state index contributed by atoms with van der Waals surface area (Å²) in [5.41, 5.74) is 6.49. The van der Waals surface area contributed by atoms with Crippen LogP contribution in [0.1, 0.15) is 27.7 Å². The Hall–Kier alpha value is -5.10. The topological polar surface area (TPSA) is 44.2 Å². The molecule has 1 saturated heterocycles. The molecule has 1 aliphatic rings. The van der Waals surface area contributed by atoms with Gasteiger partial charge in [0.2, 0.25) is 0 Å². The predicted molar refractivity (Wildman–Crippen MR) is 195 cm³/mol. The lowest BCUT2D eigenvalue weighted by Gasteiger charge is -2.32. The Morgan fingerprint density at radius 1 is 0.511 bits per heavy atom. The second-order valence-corrected chi connectivity index (χ2v) is 13.6. The van der Waals surface area contributed by atoms with Crippen LogP contribution in [0.5, 0.6) is 0 Å². The van der Waals surface area contributed by atoms with Gasteiger partial charge in [0.05, 0.1) is 22.4 Å². The van der Waals surface area contributed by atoms with Crippen LogP contribution in [0.2, 0.25) is 0 Å². The molecule has 1 aliphatic heterocycles. The lowest BCUT2D eigenvalue weighted by atomic mass is 9.74. The Morgan fingerprint density at radius 2 is 1.13 bits per heavy atom. The van der Waals surface area contributed by atoms with Gasteiger partial charge in [-0.15, -0.1) is 0 Å². The number of hydrogen-bond donors (Lipinski definition) is 0. The van der Waals surface area contributed by atoms with Gasteiger partial charge >= 0.3 is 7.12 Å². The van der Waals surface area contributed by atoms with Gasteiger partial charge in [-0.2, -0.15) is 0 Å². The van der Waals surface area contributed by atoms with Crippen LogP contribution in [0.3, 0.4) is 0 Å². The van der Waals surface area contributed by atoms with Crippen LogP contribution in [0, 0.1) is 0 Å². The Bertz CT molecular complexity index is 2470. The second kappa shape index (κ2) is 10.2. The number of benzene rings is 7. The van der Waals surface area contributed by atoms with E-state index in [2.05, 4.69) is 143 Å². The smallest absolute Gasteiger partial charge is 0.399 e. The van der Waals surface area contributed by atoms with Gasteiger partial charge < -0.3 is 9.31 Å². The first-order chi connectivity index (χ1) is 22.8. The van der Waals surface area contributed by atoms with Crippen LogP contribution in [0.4, 0.5) is 0 Å². The molecule has 1 aromatic heterocycles. The van der Waals surface area contributed by atoms with Gasteiger partial charge in [-0.1, -0.05) is 109 Å². The fourth-order valence-electron chi connectivity index (χ4n) is 7.09. The normalized spacial score (nSPS) is 15.8. The van der Waals surface area contributed by atoms with Crippen molar-refractivity contribution in [3.8, 4) is 33.8 Å². The van der Waals surface area contributed by atoms with E-state index in [1.807, 2.05) is 12.1 Å². The van der Waals surface area contributed by atoms with Crippen LogP contribution in [-0.2, 0) is 9.31 Å². The molecule has 0 saturated carbocycles. The summed E-state index contributed by atoms with van der Waals surface area (Å²) in [6.45, 7) is 8.41. The highest BCUT2D eigenvalue weighted by atomic mass is 16.7. The van der Waals surface area contributed by atoms with Crippen LogP contribution in [-0.4, -0.2) is 28.3 Å². The van der Waals surface area contributed by atoms with Crippen molar-refractivity contribution in [2.45, 2.75) is 38.9 Å². The molecule has 5 heteroatoms. The maximum atomic E-state index is 6.52. The van der Waals surface area contributed by atoms with Crippen molar-refractivity contribution in [1.82, 2.24) is 9.97 Å². The van der Waals surface area contributed by atoms with Crippen LogP contribution < -0.4 is 5.46 Å². The molecule has 0 aliphatic carbocycles. The minimum absolute atomic E-state index is 0.416. The third kappa shape index (κ3) is 4.38. The van der Waals surface area contributed by atoms with Gasteiger partial charge in [-0.05, 0) is 94.8 Å². The van der Waals surface area contributed by atoms with E-state index in [1.165, 1.54) is 27.1 Å². The Balaban J connectivity index is 1.25. The molecule has 226 valence electrons. The summed E-state index contributed by atoms with van der Waals surface area (Å²) < 4.78 is 13.0. The third-order valence-electron chi connectivity index (χ3n) is 10.3. The molecule has 0 amide bonds. The number of hydrogen-bond acceptors (Lipinski definition) is 4. The molecule has 2 heterocycles. The molecule has 0 spiro atoms. The minimum atomic E-state index is -0.443. The summed E-state index contributed by atoms with van der Waals surface area (Å²) in [7, 11) is -0.443. The van der Waals surface area contributed by atoms with Crippen LogP contribution >= 0.6 is 0 Å². The molecular weight excluding hydrogens is 575 g/mol. The van der Waals surface area contributed by atoms with Crippen molar-refractivity contribution in [3.05, 3.63) is 127 Å². The van der Waals surface area contributed by atoms with E-state index in [0.29, 0.717) is 5.82 Å². The number of aromatic nitrogens is 2. The highest BCUT2D eigenvalue weighted by molar-refractivity contribution is 6.65. The number of rotatable bonds is 4. The van der Waals surface area contributed by atoms with E-state index in [1.54, 1.807) is 0 Å². The molecule has 7 aromatic carbocycles. The summed E-state index contributed by atoms with van der Waals surface area (Å²) in [6.07, 6.45) is 0. The number of nitrogens with zero attached hydrogens (tertiary/aromatic N) is 2. The first-order valence-electron chi connectivity index (χ1n) is 16.3. The van der Waals surface area contributed by atoms with Crippen molar-refractivity contribution < 1.29 is 9.31 Å². The van der Waals surface area contributed by atoms with E-state index in [9.17, 15) is 0 Å². The predicted octanol–water partition coefficient (Wildman–Crippen LogP) is 9.83. The largest absolute Gasteiger partial charge is 0.495 e. The molecule has 0 atom stereocenters.